The number of hydrazone groups is 1. The molecule has 5 nitrogen and oxygen atoms in total. The fraction of sp³-hybridized carbons (Fsp3) is 0.154. The highest BCUT2D eigenvalue weighted by Gasteiger charge is 2.10. The van der Waals surface area contributed by atoms with Crippen molar-refractivity contribution in [2.45, 2.75) is 6.92 Å². The second-order valence-corrected chi connectivity index (χ2v) is 4.97. The molecule has 0 aliphatic carbocycles. The first kappa shape index (κ1) is 14.5. The third kappa shape index (κ3) is 4.04. The minimum absolute atomic E-state index is 0.279. The molecule has 1 N–H and O–H groups in total. The number of carbonyl (C=O) groups excluding carboxylic acids is 1. The third-order valence-electron chi connectivity index (χ3n) is 2.23. The monoisotopic (exact) mass is 309 g/mol. The van der Waals surface area contributed by atoms with Crippen molar-refractivity contribution in [1.29, 1.82) is 0 Å². The summed E-state index contributed by atoms with van der Waals surface area (Å²) in [5.41, 5.74) is 3.95. The summed E-state index contributed by atoms with van der Waals surface area (Å²) in [6.07, 6.45) is 1.64. The summed E-state index contributed by atoms with van der Waals surface area (Å²) in [4.78, 5) is 15.5. The molecule has 0 aliphatic rings. The molecular weight excluding hydrogens is 298 g/mol. The Morgan fingerprint density at radius 1 is 1.50 bits per heavy atom. The van der Waals surface area contributed by atoms with Crippen LogP contribution in [0.1, 0.15) is 23.0 Å². The number of esters is 1. The van der Waals surface area contributed by atoms with Crippen molar-refractivity contribution in [2.24, 2.45) is 5.10 Å². The predicted molar refractivity (Wildman–Crippen MR) is 80.7 cm³/mol. The number of hydrogen-bond acceptors (Lipinski definition) is 6. The zero-order chi connectivity index (χ0) is 14.4. The van der Waals surface area contributed by atoms with Crippen LogP contribution in [0.5, 0.6) is 0 Å². The highest BCUT2D eigenvalue weighted by atomic mass is 35.5. The summed E-state index contributed by atoms with van der Waals surface area (Å²) in [5, 5.41) is 6.86. The van der Waals surface area contributed by atoms with Crippen LogP contribution in [-0.4, -0.2) is 23.8 Å². The lowest BCUT2D eigenvalue weighted by Crippen LogP contribution is -2.04. The van der Waals surface area contributed by atoms with E-state index in [4.69, 9.17) is 16.3 Å². The number of aromatic nitrogens is 1. The molecule has 0 aliphatic heterocycles. The number of anilines is 1. The molecule has 20 heavy (non-hydrogen) atoms. The van der Waals surface area contributed by atoms with Gasteiger partial charge in [-0.1, -0.05) is 23.7 Å². The molecule has 1 aromatic heterocycles. The molecule has 1 heterocycles. The molecule has 0 spiro atoms. The van der Waals surface area contributed by atoms with E-state index in [0.717, 1.165) is 5.56 Å². The number of halogens is 1. The predicted octanol–water partition coefficient (Wildman–Crippen LogP) is 3.42. The van der Waals surface area contributed by atoms with Gasteiger partial charge in [0.1, 0.15) is 0 Å². The lowest BCUT2D eigenvalue weighted by Gasteiger charge is -1.96. The molecule has 0 bridgehead atoms. The SMILES string of the molecule is CCOC(=O)c1csc(N/N=C\c2ccc(Cl)cc2)n1. The van der Waals surface area contributed by atoms with Crippen molar-refractivity contribution in [3.05, 3.63) is 45.9 Å². The number of nitrogens with zero attached hydrogens (tertiary/aromatic N) is 2. The Bertz CT molecular complexity index is 610. The van der Waals surface area contributed by atoms with E-state index in [1.165, 1.54) is 11.3 Å². The average Bonchev–Trinajstić information content (AvgIpc) is 2.90. The van der Waals surface area contributed by atoms with E-state index in [0.29, 0.717) is 16.8 Å². The van der Waals surface area contributed by atoms with Gasteiger partial charge in [0, 0.05) is 10.4 Å². The van der Waals surface area contributed by atoms with Crippen LogP contribution in [0.25, 0.3) is 0 Å². The molecule has 1 aromatic carbocycles. The zero-order valence-electron chi connectivity index (χ0n) is 10.7. The fourth-order valence-corrected chi connectivity index (χ4v) is 2.09. The van der Waals surface area contributed by atoms with Crippen LogP contribution >= 0.6 is 22.9 Å². The molecule has 0 saturated heterocycles. The van der Waals surface area contributed by atoms with Crippen LogP contribution in [0.4, 0.5) is 5.13 Å². The number of thiazole rings is 1. The Labute approximate surface area is 125 Å². The molecule has 104 valence electrons. The Morgan fingerprint density at radius 3 is 2.95 bits per heavy atom. The summed E-state index contributed by atoms with van der Waals surface area (Å²) in [5.74, 6) is -0.432. The maximum absolute atomic E-state index is 11.4. The molecule has 0 amide bonds. The van der Waals surface area contributed by atoms with Gasteiger partial charge in [0.25, 0.3) is 0 Å². The van der Waals surface area contributed by atoms with E-state index in [1.807, 2.05) is 12.1 Å². The van der Waals surface area contributed by atoms with Gasteiger partial charge in [0.15, 0.2) is 5.69 Å². The van der Waals surface area contributed by atoms with Gasteiger partial charge < -0.3 is 4.74 Å². The first-order chi connectivity index (χ1) is 9.69. The first-order valence-electron chi connectivity index (χ1n) is 5.86. The van der Waals surface area contributed by atoms with E-state index in [1.54, 1.807) is 30.7 Å². The third-order valence-corrected chi connectivity index (χ3v) is 3.23. The second-order valence-electron chi connectivity index (χ2n) is 3.68. The molecule has 0 unspecified atom stereocenters. The molecule has 2 aromatic rings. The van der Waals surface area contributed by atoms with Crippen molar-refractivity contribution in [2.75, 3.05) is 12.0 Å². The molecule has 2 rings (SSSR count). The summed E-state index contributed by atoms with van der Waals surface area (Å²) in [6.45, 7) is 2.08. The summed E-state index contributed by atoms with van der Waals surface area (Å²) < 4.78 is 4.85. The Kier molecular flexibility index (Phi) is 5.09. The van der Waals surface area contributed by atoms with Crippen LogP contribution in [0.2, 0.25) is 5.02 Å². The van der Waals surface area contributed by atoms with E-state index in [-0.39, 0.29) is 5.69 Å². The molecule has 7 heteroatoms. The van der Waals surface area contributed by atoms with E-state index >= 15 is 0 Å². The minimum Gasteiger partial charge on any atom is -0.461 e. The van der Waals surface area contributed by atoms with Gasteiger partial charge in [-0.05, 0) is 24.6 Å². The Morgan fingerprint density at radius 2 is 2.25 bits per heavy atom. The van der Waals surface area contributed by atoms with Crippen molar-refractivity contribution in [3.63, 3.8) is 0 Å². The lowest BCUT2D eigenvalue weighted by molar-refractivity contribution is 0.0520. The minimum atomic E-state index is -0.432. The maximum Gasteiger partial charge on any atom is 0.357 e. The number of nitrogens with one attached hydrogen (secondary N) is 1. The van der Waals surface area contributed by atoms with Crippen molar-refractivity contribution in [3.8, 4) is 0 Å². The molecule has 0 atom stereocenters. The maximum atomic E-state index is 11.4. The number of rotatable bonds is 5. The van der Waals surface area contributed by atoms with Crippen molar-refractivity contribution < 1.29 is 9.53 Å². The van der Waals surface area contributed by atoms with Crippen LogP contribution < -0.4 is 5.43 Å². The standard InChI is InChI=1S/C13H12ClN3O2S/c1-2-19-12(18)11-8-20-13(16-11)17-15-7-9-3-5-10(14)6-4-9/h3-8H,2H2,1H3,(H,16,17)/b15-7-. The quantitative estimate of drug-likeness (QED) is 0.522. The fourth-order valence-electron chi connectivity index (χ4n) is 1.33. The van der Waals surface area contributed by atoms with Gasteiger partial charge in [0.2, 0.25) is 5.13 Å². The van der Waals surface area contributed by atoms with Gasteiger partial charge in [-0.25, -0.2) is 9.78 Å². The largest absolute Gasteiger partial charge is 0.461 e. The van der Waals surface area contributed by atoms with Crippen LogP contribution in [0.15, 0.2) is 34.7 Å². The lowest BCUT2D eigenvalue weighted by atomic mass is 10.2. The van der Waals surface area contributed by atoms with Crippen LogP contribution in [0, 0.1) is 0 Å². The van der Waals surface area contributed by atoms with Gasteiger partial charge >= 0.3 is 5.97 Å². The Balaban J connectivity index is 1.94. The molecule has 0 radical (unpaired) electrons. The number of benzene rings is 1. The van der Waals surface area contributed by atoms with Crippen LogP contribution in [-0.2, 0) is 4.74 Å². The van der Waals surface area contributed by atoms with E-state index in [9.17, 15) is 4.79 Å². The summed E-state index contributed by atoms with van der Waals surface area (Å²) in [7, 11) is 0. The number of carbonyl (C=O) groups is 1. The Hall–Kier alpha value is -1.92. The number of ether oxygens (including phenoxy) is 1. The van der Waals surface area contributed by atoms with Gasteiger partial charge in [-0.15, -0.1) is 11.3 Å². The van der Waals surface area contributed by atoms with Gasteiger partial charge in [0.05, 0.1) is 12.8 Å². The highest BCUT2D eigenvalue weighted by molar-refractivity contribution is 7.13. The summed E-state index contributed by atoms with van der Waals surface area (Å²) in [6, 6.07) is 7.26. The second kappa shape index (κ2) is 7.02. The molecule has 0 fully saturated rings. The van der Waals surface area contributed by atoms with Gasteiger partial charge in [-0.3, -0.25) is 5.43 Å². The number of hydrogen-bond donors (Lipinski definition) is 1. The first-order valence-corrected chi connectivity index (χ1v) is 7.12. The highest BCUT2D eigenvalue weighted by Crippen LogP contribution is 2.16. The van der Waals surface area contributed by atoms with Gasteiger partial charge in [-0.2, -0.15) is 5.10 Å². The van der Waals surface area contributed by atoms with Crippen LogP contribution in [0.3, 0.4) is 0 Å². The zero-order valence-corrected chi connectivity index (χ0v) is 12.2. The summed E-state index contributed by atoms with van der Waals surface area (Å²) >= 11 is 7.07. The molecular formula is C13H12ClN3O2S. The van der Waals surface area contributed by atoms with E-state index in [2.05, 4.69) is 15.5 Å². The van der Waals surface area contributed by atoms with Crippen molar-refractivity contribution >= 4 is 40.3 Å². The smallest absolute Gasteiger partial charge is 0.357 e. The van der Waals surface area contributed by atoms with Crippen molar-refractivity contribution in [1.82, 2.24) is 4.98 Å². The topological polar surface area (TPSA) is 63.6 Å². The van der Waals surface area contributed by atoms with E-state index < -0.39 is 5.97 Å². The normalized spacial score (nSPS) is 10.7. The molecule has 0 saturated carbocycles. The average molecular weight is 310 g/mol.